The third-order valence-electron chi connectivity index (χ3n) is 4.71. The number of nitrogens with one attached hydrogen (secondary N) is 2. The van der Waals surface area contributed by atoms with Crippen LogP contribution in [0, 0.1) is 13.8 Å². The summed E-state index contributed by atoms with van der Waals surface area (Å²) in [5.74, 6) is 0.847. The van der Waals surface area contributed by atoms with Crippen molar-refractivity contribution in [3.8, 4) is 11.5 Å². The van der Waals surface area contributed by atoms with Crippen LogP contribution in [0.4, 0.5) is 11.6 Å². The zero-order valence-electron chi connectivity index (χ0n) is 18.5. The van der Waals surface area contributed by atoms with Gasteiger partial charge in [0.05, 0.1) is 4.90 Å². The fraction of sp³-hybridized carbons (Fsp3) is 0.0800. The Morgan fingerprint density at radius 3 is 2.12 bits per heavy atom. The third-order valence-corrected chi connectivity index (χ3v) is 6.05. The van der Waals surface area contributed by atoms with Crippen molar-refractivity contribution >= 4 is 27.6 Å². The topological polar surface area (TPSA) is 110 Å². The highest BCUT2D eigenvalue weighted by atomic mass is 32.2. The van der Waals surface area contributed by atoms with E-state index in [1.807, 2.05) is 30.3 Å². The first-order chi connectivity index (χ1) is 16.3. The molecule has 1 amide bonds. The second-order valence-electron chi connectivity index (χ2n) is 7.50. The van der Waals surface area contributed by atoms with E-state index in [-0.39, 0.29) is 16.8 Å². The van der Waals surface area contributed by atoms with E-state index >= 15 is 0 Å². The van der Waals surface area contributed by atoms with Crippen LogP contribution in [0.1, 0.15) is 21.7 Å². The second kappa shape index (κ2) is 9.72. The number of benzene rings is 3. The van der Waals surface area contributed by atoms with Crippen molar-refractivity contribution in [2.45, 2.75) is 18.7 Å². The summed E-state index contributed by atoms with van der Waals surface area (Å²) >= 11 is 0. The first-order valence-electron chi connectivity index (χ1n) is 10.4. The smallest absolute Gasteiger partial charge is 0.264 e. The summed E-state index contributed by atoms with van der Waals surface area (Å²) < 4.78 is 33.5. The van der Waals surface area contributed by atoms with Crippen LogP contribution in [0.15, 0.2) is 89.8 Å². The molecule has 4 rings (SSSR count). The molecule has 0 radical (unpaired) electrons. The quantitative estimate of drug-likeness (QED) is 0.393. The van der Waals surface area contributed by atoms with Gasteiger partial charge < -0.3 is 10.1 Å². The molecule has 2 N–H and O–H groups in total. The molecule has 172 valence electrons. The molecule has 1 heterocycles. The highest BCUT2D eigenvalue weighted by Crippen LogP contribution is 2.23. The summed E-state index contributed by atoms with van der Waals surface area (Å²) in [6.07, 6.45) is 0. The SMILES string of the molecule is Cc1cc(C)nc(NS(=O)(=O)c2ccc(NC(=O)c3cccc(Oc4ccccc4)c3)cc2)n1. The fourth-order valence-electron chi connectivity index (χ4n) is 3.20. The third kappa shape index (κ3) is 5.76. The maximum atomic E-state index is 12.7. The van der Waals surface area contributed by atoms with Gasteiger partial charge in [0.15, 0.2) is 0 Å². The largest absolute Gasteiger partial charge is 0.457 e. The number of ether oxygens (including phenoxy) is 1. The Morgan fingerprint density at radius 2 is 1.44 bits per heavy atom. The van der Waals surface area contributed by atoms with Gasteiger partial charge in [-0.25, -0.2) is 23.1 Å². The van der Waals surface area contributed by atoms with E-state index in [1.165, 1.54) is 24.3 Å². The Kier molecular flexibility index (Phi) is 6.55. The molecular formula is C25H22N4O4S. The summed E-state index contributed by atoms with van der Waals surface area (Å²) in [6, 6.07) is 23.6. The predicted octanol–water partition coefficient (Wildman–Crippen LogP) is 4.94. The van der Waals surface area contributed by atoms with Gasteiger partial charge in [0.25, 0.3) is 15.9 Å². The molecule has 34 heavy (non-hydrogen) atoms. The van der Waals surface area contributed by atoms with Crippen molar-refractivity contribution in [3.63, 3.8) is 0 Å². The van der Waals surface area contributed by atoms with Crippen LogP contribution in [-0.4, -0.2) is 24.3 Å². The highest BCUT2D eigenvalue weighted by molar-refractivity contribution is 7.92. The lowest BCUT2D eigenvalue weighted by Gasteiger charge is -2.10. The summed E-state index contributed by atoms with van der Waals surface area (Å²) in [7, 11) is -3.88. The van der Waals surface area contributed by atoms with E-state index in [0.717, 1.165) is 0 Å². The summed E-state index contributed by atoms with van der Waals surface area (Å²) in [4.78, 5) is 20.9. The van der Waals surface area contributed by atoms with Crippen LogP contribution in [0.2, 0.25) is 0 Å². The van der Waals surface area contributed by atoms with E-state index in [1.54, 1.807) is 44.2 Å². The van der Waals surface area contributed by atoms with Gasteiger partial charge in [-0.05, 0) is 74.5 Å². The van der Waals surface area contributed by atoms with Gasteiger partial charge in [-0.3, -0.25) is 4.79 Å². The van der Waals surface area contributed by atoms with Gasteiger partial charge in [0, 0.05) is 22.6 Å². The Hall–Kier alpha value is -4.24. The van der Waals surface area contributed by atoms with Crippen molar-refractivity contribution in [2.24, 2.45) is 0 Å². The first-order valence-corrected chi connectivity index (χ1v) is 11.9. The molecular weight excluding hydrogens is 452 g/mol. The van der Waals surface area contributed by atoms with Gasteiger partial charge in [0.2, 0.25) is 5.95 Å². The van der Waals surface area contributed by atoms with Crippen molar-refractivity contribution < 1.29 is 17.9 Å². The molecule has 0 unspecified atom stereocenters. The number of carbonyl (C=O) groups excluding carboxylic acids is 1. The van der Waals surface area contributed by atoms with E-state index in [4.69, 9.17) is 4.74 Å². The maximum Gasteiger partial charge on any atom is 0.264 e. The summed E-state index contributed by atoms with van der Waals surface area (Å²) in [5.41, 5.74) is 2.16. The molecule has 4 aromatic rings. The molecule has 9 heteroatoms. The average Bonchev–Trinajstić information content (AvgIpc) is 2.79. The lowest BCUT2D eigenvalue weighted by molar-refractivity contribution is 0.102. The van der Waals surface area contributed by atoms with Crippen LogP contribution in [-0.2, 0) is 10.0 Å². The van der Waals surface area contributed by atoms with E-state index in [2.05, 4.69) is 20.0 Å². The molecule has 0 saturated carbocycles. The molecule has 0 saturated heterocycles. The van der Waals surface area contributed by atoms with E-state index < -0.39 is 10.0 Å². The Bertz CT molecular complexity index is 1400. The minimum absolute atomic E-state index is 0.00693. The average molecular weight is 475 g/mol. The number of aromatic nitrogens is 2. The van der Waals surface area contributed by atoms with E-state index in [0.29, 0.717) is 34.1 Å². The van der Waals surface area contributed by atoms with Gasteiger partial charge in [-0.2, -0.15) is 0 Å². The minimum atomic E-state index is -3.88. The van der Waals surface area contributed by atoms with Crippen molar-refractivity contribution in [3.05, 3.63) is 102 Å². The number of para-hydroxylation sites is 1. The fourth-order valence-corrected chi connectivity index (χ4v) is 4.14. The Morgan fingerprint density at radius 1 is 0.794 bits per heavy atom. The molecule has 0 spiro atoms. The molecule has 8 nitrogen and oxygen atoms in total. The van der Waals surface area contributed by atoms with Crippen molar-refractivity contribution in [1.82, 2.24) is 9.97 Å². The standard InChI is InChI=1S/C25H22N4O4S/c1-17-15-18(2)27-25(26-17)29-34(31,32)23-13-11-20(12-14-23)28-24(30)19-7-6-10-22(16-19)33-21-8-4-3-5-9-21/h3-16H,1-2H3,(H,28,30)(H,26,27,29). The number of amides is 1. The van der Waals surface area contributed by atoms with Gasteiger partial charge >= 0.3 is 0 Å². The lowest BCUT2D eigenvalue weighted by atomic mass is 10.2. The van der Waals surface area contributed by atoms with Crippen LogP contribution in [0.5, 0.6) is 11.5 Å². The van der Waals surface area contributed by atoms with Crippen LogP contribution < -0.4 is 14.8 Å². The Labute approximate surface area is 197 Å². The number of hydrogen-bond donors (Lipinski definition) is 2. The maximum absolute atomic E-state index is 12.7. The highest BCUT2D eigenvalue weighted by Gasteiger charge is 2.16. The van der Waals surface area contributed by atoms with Crippen LogP contribution in [0.25, 0.3) is 0 Å². The number of nitrogens with zero attached hydrogens (tertiary/aromatic N) is 2. The summed E-state index contributed by atoms with van der Waals surface area (Å²) in [5, 5.41) is 2.76. The molecule has 0 fully saturated rings. The minimum Gasteiger partial charge on any atom is -0.457 e. The number of anilines is 2. The number of hydrogen-bond acceptors (Lipinski definition) is 6. The van der Waals surface area contributed by atoms with Gasteiger partial charge in [-0.1, -0.05) is 24.3 Å². The number of rotatable bonds is 7. The van der Waals surface area contributed by atoms with Gasteiger partial charge in [0.1, 0.15) is 11.5 Å². The first kappa shape index (κ1) is 22.9. The zero-order valence-corrected chi connectivity index (χ0v) is 19.3. The number of aryl methyl sites for hydroxylation is 2. The number of carbonyl (C=O) groups is 1. The van der Waals surface area contributed by atoms with Crippen LogP contribution in [0.3, 0.4) is 0 Å². The zero-order chi connectivity index (χ0) is 24.1. The molecule has 0 bridgehead atoms. The van der Waals surface area contributed by atoms with Crippen molar-refractivity contribution in [1.29, 1.82) is 0 Å². The van der Waals surface area contributed by atoms with Crippen molar-refractivity contribution in [2.75, 3.05) is 10.0 Å². The lowest BCUT2D eigenvalue weighted by Crippen LogP contribution is -2.16. The second-order valence-corrected chi connectivity index (χ2v) is 9.18. The van der Waals surface area contributed by atoms with E-state index in [9.17, 15) is 13.2 Å². The van der Waals surface area contributed by atoms with Crippen LogP contribution >= 0.6 is 0 Å². The Balaban J connectivity index is 1.44. The normalized spacial score (nSPS) is 11.0. The number of sulfonamides is 1. The molecule has 0 atom stereocenters. The molecule has 3 aromatic carbocycles. The molecule has 0 aliphatic rings. The predicted molar refractivity (Wildman–Crippen MR) is 130 cm³/mol. The molecule has 0 aliphatic carbocycles. The molecule has 0 aliphatic heterocycles. The monoisotopic (exact) mass is 474 g/mol. The molecule has 1 aromatic heterocycles. The van der Waals surface area contributed by atoms with Gasteiger partial charge in [-0.15, -0.1) is 0 Å². The summed E-state index contributed by atoms with van der Waals surface area (Å²) in [6.45, 7) is 3.51.